The lowest BCUT2D eigenvalue weighted by Crippen LogP contribution is -2.35. The maximum atomic E-state index is 5.48. The fourth-order valence-corrected chi connectivity index (χ4v) is 4.63. The summed E-state index contributed by atoms with van der Waals surface area (Å²) in [7, 11) is 0. The van der Waals surface area contributed by atoms with Gasteiger partial charge in [-0.15, -0.1) is 0 Å². The van der Waals surface area contributed by atoms with Gasteiger partial charge in [-0.2, -0.15) is 5.10 Å². The van der Waals surface area contributed by atoms with E-state index in [-0.39, 0.29) is 0 Å². The molecule has 0 saturated carbocycles. The first-order valence-electron chi connectivity index (χ1n) is 11.8. The standard InChI is InChI=1S/C28H27N5O/c1-2-5-21(6-3-1)19-33-20-25(16-31-33)27-17-30-28-26(27)14-24(15-29-28)23-8-4-7-22(13-23)18-32-9-11-34-12-10-32/h1-8,13-17,20H,9-12,18-19H2,(H,29,30). The second-order valence-electron chi connectivity index (χ2n) is 8.82. The van der Waals surface area contributed by atoms with E-state index >= 15 is 0 Å². The summed E-state index contributed by atoms with van der Waals surface area (Å²) in [5.74, 6) is 0. The number of pyridine rings is 1. The summed E-state index contributed by atoms with van der Waals surface area (Å²) >= 11 is 0. The Balaban J connectivity index is 1.28. The van der Waals surface area contributed by atoms with E-state index in [2.05, 4.69) is 75.8 Å². The number of nitrogens with one attached hydrogen (secondary N) is 1. The molecule has 1 saturated heterocycles. The fourth-order valence-electron chi connectivity index (χ4n) is 4.63. The Morgan fingerprint density at radius 1 is 0.824 bits per heavy atom. The van der Waals surface area contributed by atoms with Gasteiger partial charge in [0.1, 0.15) is 5.65 Å². The fraction of sp³-hybridized carbons (Fsp3) is 0.214. The van der Waals surface area contributed by atoms with Crippen molar-refractivity contribution in [3.63, 3.8) is 0 Å². The maximum absolute atomic E-state index is 5.48. The third-order valence-corrected chi connectivity index (χ3v) is 6.43. The van der Waals surface area contributed by atoms with Crippen LogP contribution in [0.1, 0.15) is 11.1 Å². The van der Waals surface area contributed by atoms with Crippen molar-refractivity contribution in [2.75, 3.05) is 26.3 Å². The third kappa shape index (κ3) is 4.38. The van der Waals surface area contributed by atoms with Gasteiger partial charge in [0.25, 0.3) is 0 Å². The average Bonchev–Trinajstić information content (AvgIpc) is 3.52. The van der Waals surface area contributed by atoms with E-state index in [4.69, 9.17) is 9.72 Å². The van der Waals surface area contributed by atoms with E-state index in [9.17, 15) is 0 Å². The highest BCUT2D eigenvalue weighted by Crippen LogP contribution is 2.31. The number of aromatic amines is 1. The van der Waals surface area contributed by atoms with E-state index in [0.29, 0.717) is 0 Å². The second kappa shape index (κ2) is 9.25. The molecule has 3 aromatic heterocycles. The summed E-state index contributed by atoms with van der Waals surface area (Å²) in [4.78, 5) is 10.5. The smallest absolute Gasteiger partial charge is 0.137 e. The number of nitrogens with zero attached hydrogens (tertiary/aromatic N) is 4. The molecular weight excluding hydrogens is 422 g/mol. The van der Waals surface area contributed by atoms with Crippen molar-refractivity contribution in [3.8, 4) is 22.3 Å². The van der Waals surface area contributed by atoms with Crippen LogP contribution in [0.5, 0.6) is 0 Å². The molecule has 1 aliphatic heterocycles. The third-order valence-electron chi connectivity index (χ3n) is 6.43. The Morgan fingerprint density at radius 2 is 1.68 bits per heavy atom. The average molecular weight is 450 g/mol. The highest BCUT2D eigenvalue weighted by molar-refractivity contribution is 5.95. The zero-order valence-corrected chi connectivity index (χ0v) is 19.0. The number of benzene rings is 2. The number of ether oxygens (including phenoxy) is 1. The van der Waals surface area contributed by atoms with Crippen LogP contribution in [-0.2, 0) is 17.8 Å². The zero-order chi connectivity index (χ0) is 22.7. The molecule has 1 fully saturated rings. The van der Waals surface area contributed by atoms with Crippen molar-refractivity contribution < 1.29 is 4.74 Å². The Hall–Kier alpha value is -3.74. The monoisotopic (exact) mass is 449 g/mol. The van der Waals surface area contributed by atoms with E-state index in [1.807, 2.05) is 29.3 Å². The van der Waals surface area contributed by atoms with Gasteiger partial charge in [-0.05, 0) is 28.8 Å². The molecule has 6 rings (SSSR count). The molecule has 1 aliphatic rings. The number of fused-ring (bicyclic) bond motifs is 1. The largest absolute Gasteiger partial charge is 0.379 e. The molecular formula is C28H27N5O. The molecule has 0 bridgehead atoms. The highest BCUT2D eigenvalue weighted by atomic mass is 16.5. The molecule has 170 valence electrons. The van der Waals surface area contributed by atoms with Gasteiger partial charge in [0.05, 0.1) is 26.0 Å². The number of H-pyrrole nitrogens is 1. The first kappa shape index (κ1) is 20.8. The molecule has 0 unspecified atom stereocenters. The highest BCUT2D eigenvalue weighted by Gasteiger charge is 2.13. The van der Waals surface area contributed by atoms with Crippen molar-refractivity contribution >= 4 is 11.0 Å². The number of hydrogen-bond acceptors (Lipinski definition) is 4. The van der Waals surface area contributed by atoms with Gasteiger partial charge >= 0.3 is 0 Å². The van der Waals surface area contributed by atoms with Crippen LogP contribution >= 0.6 is 0 Å². The van der Waals surface area contributed by atoms with Gasteiger partial charge in [-0.25, -0.2) is 4.98 Å². The molecule has 0 atom stereocenters. The first-order chi connectivity index (χ1) is 16.8. The van der Waals surface area contributed by atoms with Crippen molar-refractivity contribution in [3.05, 3.63) is 96.6 Å². The van der Waals surface area contributed by atoms with E-state index in [1.165, 1.54) is 16.7 Å². The van der Waals surface area contributed by atoms with Crippen LogP contribution in [0.3, 0.4) is 0 Å². The molecule has 5 aromatic rings. The van der Waals surface area contributed by atoms with Crippen molar-refractivity contribution in [2.24, 2.45) is 0 Å². The Kier molecular flexibility index (Phi) is 5.67. The summed E-state index contributed by atoms with van der Waals surface area (Å²) in [6.07, 6.45) is 8.02. The van der Waals surface area contributed by atoms with Crippen LogP contribution < -0.4 is 0 Å². The number of morpholine rings is 1. The maximum Gasteiger partial charge on any atom is 0.137 e. The van der Waals surface area contributed by atoms with Crippen molar-refractivity contribution in [1.29, 1.82) is 0 Å². The second-order valence-corrected chi connectivity index (χ2v) is 8.82. The number of hydrogen-bond donors (Lipinski definition) is 1. The molecule has 0 amide bonds. The Morgan fingerprint density at radius 3 is 2.56 bits per heavy atom. The van der Waals surface area contributed by atoms with Gasteiger partial charge in [0.15, 0.2) is 0 Å². The normalized spacial score (nSPS) is 14.6. The molecule has 1 N–H and O–H groups in total. The minimum absolute atomic E-state index is 0.753. The van der Waals surface area contributed by atoms with Gasteiger partial charge in [-0.1, -0.05) is 48.5 Å². The van der Waals surface area contributed by atoms with Crippen LogP contribution in [0, 0.1) is 0 Å². The zero-order valence-electron chi connectivity index (χ0n) is 19.0. The van der Waals surface area contributed by atoms with Crippen LogP contribution in [0.25, 0.3) is 33.3 Å². The lowest BCUT2D eigenvalue weighted by atomic mass is 10.0. The molecule has 0 aliphatic carbocycles. The van der Waals surface area contributed by atoms with Gasteiger partial charge < -0.3 is 9.72 Å². The summed E-state index contributed by atoms with van der Waals surface area (Å²) in [6, 6.07) is 21.4. The Labute approximate surface area is 198 Å². The van der Waals surface area contributed by atoms with E-state index in [0.717, 1.165) is 67.1 Å². The van der Waals surface area contributed by atoms with E-state index in [1.54, 1.807) is 0 Å². The molecule has 2 aromatic carbocycles. The van der Waals surface area contributed by atoms with Crippen molar-refractivity contribution in [1.82, 2.24) is 24.6 Å². The van der Waals surface area contributed by atoms with Gasteiger partial charge in [0.2, 0.25) is 0 Å². The lowest BCUT2D eigenvalue weighted by molar-refractivity contribution is 0.0342. The molecule has 6 nitrogen and oxygen atoms in total. The van der Waals surface area contributed by atoms with E-state index < -0.39 is 0 Å². The summed E-state index contributed by atoms with van der Waals surface area (Å²) in [5, 5.41) is 5.70. The minimum Gasteiger partial charge on any atom is -0.379 e. The quantitative estimate of drug-likeness (QED) is 0.397. The van der Waals surface area contributed by atoms with Crippen LogP contribution in [0.4, 0.5) is 0 Å². The number of aromatic nitrogens is 4. The minimum atomic E-state index is 0.753. The SMILES string of the molecule is c1ccc(Cn2cc(-c3c[nH]c4ncc(-c5cccc(CN6CCOCC6)c5)cc34)cn2)cc1. The molecule has 0 radical (unpaired) electrons. The predicted octanol–water partition coefficient (Wildman–Crippen LogP) is 4.97. The molecule has 0 spiro atoms. The van der Waals surface area contributed by atoms with Crippen LogP contribution in [0.15, 0.2) is 85.5 Å². The Bertz CT molecular complexity index is 1400. The number of rotatable bonds is 6. The predicted molar refractivity (Wildman–Crippen MR) is 134 cm³/mol. The topological polar surface area (TPSA) is 59.0 Å². The van der Waals surface area contributed by atoms with Gasteiger partial charge in [-0.3, -0.25) is 9.58 Å². The summed E-state index contributed by atoms with van der Waals surface area (Å²) < 4.78 is 7.47. The molecule has 4 heterocycles. The first-order valence-corrected chi connectivity index (χ1v) is 11.8. The van der Waals surface area contributed by atoms with Crippen LogP contribution in [-0.4, -0.2) is 51.0 Å². The summed E-state index contributed by atoms with van der Waals surface area (Å²) in [6.45, 7) is 5.31. The lowest BCUT2D eigenvalue weighted by Gasteiger charge is -2.26. The molecule has 6 heteroatoms. The van der Waals surface area contributed by atoms with Crippen molar-refractivity contribution in [2.45, 2.75) is 13.1 Å². The summed E-state index contributed by atoms with van der Waals surface area (Å²) in [5.41, 5.74) is 7.95. The molecule has 34 heavy (non-hydrogen) atoms. The van der Waals surface area contributed by atoms with Gasteiger partial charge in [0, 0.05) is 60.3 Å². The van der Waals surface area contributed by atoms with Crippen LogP contribution in [0.2, 0.25) is 0 Å².